The fourth-order valence-electron chi connectivity index (χ4n) is 1.71. The fraction of sp³-hybridized carbons (Fsp3) is 0. The number of rotatable bonds is 0. The topological polar surface area (TPSA) is 43.3 Å². The lowest BCUT2D eigenvalue weighted by atomic mass is 10.3. The highest BCUT2D eigenvalue weighted by Gasteiger charge is 2.04. The number of aromatic nitrogens is 2. The Balaban J connectivity index is 2.63. The lowest BCUT2D eigenvalue weighted by molar-refractivity contribution is 1.23. The van der Waals surface area contributed by atoms with Crippen LogP contribution in [0, 0.1) is 0 Å². The number of nitrogen functional groups attached to an aromatic ring is 1. The Morgan fingerprint density at radius 1 is 1.07 bits per heavy atom. The smallest absolute Gasteiger partial charge is 0.137 e. The second-order valence-corrected chi connectivity index (χ2v) is 3.26. The predicted octanol–water partition coefficient (Wildman–Crippen LogP) is 2.07. The predicted molar refractivity (Wildman–Crippen MR) is 57.1 cm³/mol. The van der Waals surface area contributed by atoms with Crippen LogP contribution in [0.1, 0.15) is 0 Å². The van der Waals surface area contributed by atoms with Crippen molar-refractivity contribution in [1.29, 1.82) is 0 Å². The zero-order valence-corrected chi connectivity index (χ0v) is 7.51. The zero-order chi connectivity index (χ0) is 9.54. The summed E-state index contributed by atoms with van der Waals surface area (Å²) in [5.41, 5.74) is 9.43. The molecule has 0 atom stereocenters. The molecule has 0 fully saturated rings. The number of hydrogen-bond acceptors (Lipinski definition) is 2. The van der Waals surface area contributed by atoms with E-state index in [-0.39, 0.29) is 0 Å². The third kappa shape index (κ3) is 0.836. The molecule has 3 aromatic rings. The molecule has 0 saturated heterocycles. The van der Waals surface area contributed by atoms with Gasteiger partial charge in [-0.05, 0) is 24.3 Å². The number of benzene rings is 1. The summed E-state index contributed by atoms with van der Waals surface area (Å²) in [4.78, 5) is 4.45. The van der Waals surface area contributed by atoms with E-state index in [0.29, 0.717) is 0 Å². The van der Waals surface area contributed by atoms with Gasteiger partial charge in [-0.2, -0.15) is 0 Å². The molecule has 3 heteroatoms. The molecule has 0 saturated carbocycles. The molecule has 0 unspecified atom stereocenters. The molecule has 1 aromatic carbocycles. The largest absolute Gasteiger partial charge is 0.397 e. The quantitative estimate of drug-likeness (QED) is 0.542. The van der Waals surface area contributed by atoms with Gasteiger partial charge in [0.25, 0.3) is 0 Å². The number of hydrogen-bond donors (Lipinski definition) is 1. The summed E-state index contributed by atoms with van der Waals surface area (Å²) < 4.78 is 2.03. The van der Waals surface area contributed by atoms with Gasteiger partial charge in [0.1, 0.15) is 11.2 Å². The van der Waals surface area contributed by atoms with Crippen LogP contribution in [0.5, 0.6) is 0 Å². The second-order valence-electron chi connectivity index (χ2n) is 3.26. The molecule has 0 aliphatic heterocycles. The molecule has 0 amide bonds. The Bertz CT molecular complexity index is 610. The van der Waals surface area contributed by atoms with Crippen molar-refractivity contribution in [2.75, 3.05) is 5.73 Å². The molecule has 2 heterocycles. The first kappa shape index (κ1) is 7.38. The fourth-order valence-corrected chi connectivity index (χ4v) is 1.71. The van der Waals surface area contributed by atoms with Crippen LogP contribution in [0.3, 0.4) is 0 Å². The molecule has 0 aliphatic rings. The molecule has 0 aliphatic carbocycles. The Morgan fingerprint density at radius 3 is 2.93 bits per heavy atom. The standard InChI is InChI=1S/C11H9N3/c12-8-4-3-5-9-11(8)13-10-6-1-2-7-14(9)10/h1-7H,12H2. The highest BCUT2D eigenvalue weighted by atomic mass is 15.0. The maximum absolute atomic E-state index is 5.84. The van der Waals surface area contributed by atoms with Crippen molar-refractivity contribution < 1.29 is 0 Å². The van der Waals surface area contributed by atoms with Crippen molar-refractivity contribution in [3.63, 3.8) is 0 Å². The SMILES string of the molecule is Nc1cccc2c1nc1ccccn12. The van der Waals surface area contributed by atoms with Crippen LogP contribution < -0.4 is 5.73 Å². The molecule has 0 bridgehead atoms. The molecule has 3 rings (SSSR count). The highest BCUT2D eigenvalue weighted by molar-refractivity contribution is 5.90. The van der Waals surface area contributed by atoms with E-state index in [0.717, 1.165) is 22.4 Å². The minimum absolute atomic E-state index is 0.728. The van der Waals surface area contributed by atoms with E-state index in [1.165, 1.54) is 0 Å². The van der Waals surface area contributed by atoms with E-state index in [1.807, 2.05) is 47.0 Å². The van der Waals surface area contributed by atoms with Crippen molar-refractivity contribution in [1.82, 2.24) is 9.38 Å². The van der Waals surface area contributed by atoms with Crippen LogP contribution in [-0.2, 0) is 0 Å². The lowest BCUT2D eigenvalue weighted by Crippen LogP contribution is -1.85. The summed E-state index contributed by atoms with van der Waals surface area (Å²) in [6.45, 7) is 0. The van der Waals surface area contributed by atoms with E-state index in [1.54, 1.807) is 0 Å². The average molecular weight is 183 g/mol. The highest BCUT2D eigenvalue weighted by Crippen LogP contribution is 2.21. The number of nitrogens with two attached hydrogens (primary N) is 1. The van der Waals surface area contributed by atoms with Crippen LogP contribution in [0.2, 0.25) is 0 Å². The van der Waals surface area contributed by atoms with Crippen molar-refractivity contribution in [2.24, 2.45) is 0 Å². The maximum atomic E-state index is 5.84. The van der Waals surface area contributed by atoms with Gasteiger partial charge < -0.3 is 5.73 Å². The summed E-state index contributed by atoms with van der Waals surface area (Å²) in [6.07, 6.45) is 1.99. The van der Waals surface area contributed by atoms with Crippen LogP contribution in [0.25, 0.3) is 16.7 Å². The molecular formula is C11H9N3. The van der Waals surface area contributed by atoms with Gasteiger partial charge >= 0.3 is 0 Å². The monoisotopic (exact) mass is 183 g/mol. The lowest BCUT2D eigenvalue weighted by Gasteiger charge is -1.94. The first-order valence-electron chi connectivity index (χ1n) is 4.47. The van der Waals surface area contributed by atoms with Crippen molar-refractivity contribution >= 4 is 22.4 Å². The Morgan fingerprint density at radius 2 is 2.00 bits per heavy atom. The van der Waals surface area contributed by atoms with E-state index < -0.39 is 0 Å². The zero-order valence-electron chi connectivity index (χ0n) is 7.51. The van der Waals surface area contributed by atoms with Crippen LogP contribution in [0.4, 0.5) is 5.69 Å². The minimum atomic E-state index is 0.728. The normalized spacial score (nSPS) is 11.1. The number of anilines is 1. The van der Waals surface area contributed by atoms with Crippen molar-refractivity contribution in [3.8, 4) is 0 Å². The number of fused-ring (bicyclic) bond motifs is 3. The molecule has 3 nitrogen and oxygen atoms in total. The van der Waals surface area contributed by atoms with Gasteiger partial charge in [0.2, 0.25) is 0 Å². The third-order valence-electron chi connectivity index (χ3n) is 2.37. The van der Waals surface area contributed by atoms with Gasteiger partial charge in [0.05, 0.1) is 11.2 Å². The molecule has 2 N–H and O–H groups in total. The van der Waals surface area contributed by atoms with Crippen LogP contribution in [-0.4, -0.2) is 9.38 Å². The van der Waals surface area contributed by atoms with Gasteiger partial charge in [0, 0.05) is 6.20 Å². The molecule has 0 radical (unpaired) electrons. The van der Waals surface area contributed by atoms with Crippen molar-refractivity contribution in [2.45, 2.75) is 0 Å². The van der Waals surface area contributed by atoms with Gasteiger partial charge in [-0.1, -0.05) is 12.1 Å². The Labute approximate surface area is 80.8 Å². The summed E-state index contributed by atoms with van der Waals surface area (Å²) in [6, 6.07) is 11.8. The molecule has 2 aromatic heterocycles. The third-order valence-corrected chi connectivity index (χ3v) is 2.37. The first-order chi connectivity index (χ1) is 6.86. The summed E-state index contributed by atoms with van der Waals surface area (Å²) in [7, 11) is 0. The van der Waals surface area contributed by atoms with Gasteiger partial charge in [-0.3, -0.25) is 4.40 Å². The van der Waals surface area contributed by atoms with E-state index >= 15 is 0 Å². The Hall–Kier alpha value is -2.03. The average Bonchev–Trinajstić information content (AvgIpc) is 2.59. The second kappa shape index (κ2) is 2.48. The summed E-state index contributed by atoms with van der Waals surface area (Å²) in [5.74, 6) is 0. The summed E-state index contributed by atoms with van der Waals surface area (Å²) >= 11 is 0. The van der Waals surface area contributed by atoms with Gasteiger partial charge in [-0.15, -0.1) is 0 Å². The van der Waals surface area contributed by atoms with Crippen LogP contribution in [0.15, 0.2) is 42.6 Å². The Kier molecular flexibility index (Phi) is 1.31. The minimum Gasteiger partial charge on any atom is -0.397 e. The molecule has 68 valence electrons. The number of nitrogens with zero attached hydrogens (tertiary/aromatic N) is 2. The van der Waals surface area contributed by atoms with Crippen LogP contribution >= 0.6 is 0 Å². The van der Waals surface area contributed by atoms with E-state index in [2.05, 4.69) is 4.98 Å². The molecule has 0 spiro atoms. The number of pyridine rings is 1. The van der Waals surface area contributed by atoms with E-state index in [9.17, 15) is 0 Å². The number of imidazole rings is 1. The maximum Gasteiger partial charge on any atom is 0.137 e. The van der Waals surface area contributed by atoms with E-state index in [4.69, 9.17) is 5.73 Å². The molecular weight excluding hydrogens is 174 g/mol. The summed E-state index contributed by atoms with van der Waals surface area (Å²) in [5, 5.41) is 0. The van der Waals surface area contributed by atoms with Crippen molar-refractivity contribution in [3.05, 3.63) is 42.6 Å². The van der Waals surface area contributed by atoms with Gasteiger partial charge in [0.15, 0.2) is 0 Å². The van der Waals surface area contributed by atoms with Gasteiger partial charge in [-0.25, -0.2) is 4.98 Å². The molecule has 14 heavy (non-hydrogen) atoms. The first-order valence-corrected chi connectivity index (χ1v) is 4.47. The number of para-hydroxylation sites is 1.